The van der Waals surface area contributed by atoms with Crippen molar-refractivity contribution < 1.29 is 19.1 Å². The average molecular weight is 513 g/mol. The number of benzene rings is 1. The van der Waals surface area contributed by atoms with Crippen molar-refractivity contribution in [2.45, 2.75) is 66.2 Å². The van der Waals surface area contributed by atoms with Gasteiger partial charge in [-0.25, -0.2) is 0 Å². The highest BCUT2D eigenvalue weighted by atomic mass is 16.5. The Morgan fingerprint density at radius 1 is 1.08 bits per heavy atom. The van der Waals surface area contributed by atoms with Crippen molar-refractivity contribution in [1.82, 2.24) is 15.1 Å². The van der Waals surface area contributed by atoms with Gasteiger partial charge in [0.05, 0.1) is 6.10 Å². The van der Waals surface area contributed by atoms with Crippen LogP contribution >= 0.6 is 0 Å². The van der Waals surface area contributed by atoms with Gasteiger partial charge in [0.1, 0.15) is 18.7 Å². The van der Waals surface area contributed by atoms with Crippen LogP contribution < -0.4 is 10.2 Å². The highest BCUT2D eigenvalue weighted by Crippen LogP contribution is 2.38. The zero-order valence-electron chi connectivity index (χ0n) is 23.3. The van der Waals surface area contributed by atoms with E-state index in [9.17, 15) is 14.4 Å². The second-order valence-electron chi connectivity index (χ2n) is 11.8. The monoisotopic (exact) mass is 512 g/mol. The first kappa shape index (κ1) is 27.6. The van der Waals surface area contributed by atoms with Gasteiger partial charge >= 0.3 is 0 Å². The zero-order chi connectivity index (χ0) is 26.9. The van der Waals surface area contributed by atoms with Gasteiger partial charge in [0, 0.05) is 49.9 Å². The van der Waals surface area contributed by atoms with E-state index >= 15 is 0 Å². The molecular weight excluding hydrogens is 468 g/mol. The van der Waals surface area contributed by atoms with Crippen LogP contribution in [-0.4, -0.2) is 91.5 Å². The Kier molecular flexibility index (Phi) is 8.29. The SMILES string of the molecule is CCN1CCN(c2ccc(C(=O)NC(C(=O)N3C[C@@H](C(C)C)[C@H]4OCC(=O)[C@H]43)C(C)(C)CC)cc2)CC1. The Morgan fingerprint density at radius 2 is 1.73 bits per heavy atom. The second-order valence-corrected chi connectivity index (χ2v) is 11.8. The third-order valence-electron chi connectivity index (χ3n) is 8.89. The Labute approximate surface area is 221 Å². The molecule has 3 fully saturated rings. The number of ketones is 1. The summed E-state index contributed by atoms with van der Waals surface area (Å²) in [5.74, 6) is -0.119. The molecule has 0 aliphatic carbocycles. The van der Waals surface area contributed by atoms with Crippen molar-refractivity contribution in [2.75, 3.05) is 50.8 Å². The maximum Gasteiger partial charge on any atom is 0.251 e. The van der Waals surface area contributed by atoms with Crippen molar-refractivity contribution in [3.05, 3.63) is 29.8 Å². The third-order valence-corrected chi connectivity index (χ3v) is 8.89. The molecule has 0 saturated carbocycles. The van der Waals surface area contributed by atoms with Gasteiger partial charge in [-0.15, -0.1) is 0 Å². The lowest BCUT2D eigenvalue weighted by Gasteiger charge is -2.37. The number of nitrogens with zero attached hydrogens (tertiary/aromatic N) is 3. The van der Waals surface area contributed by atoms with Crippen LogP contribution in [0.1, 0.15) is 58.3 Å². The minimum absolute atomic E-state index is 0.0451. The number of anilines is 1. The van der Waals surface area contributed by atoms with Crippen molar-refractivity contribution in [3.8, 4) is 0 Å². The summed E-state index contributed by atoms with van der Waals surface area (Å²) in [5.41, 5.74) is 1.15. The number of fused-ring (bicyclic) bond motifs is 1. The maximum absolute atomic E-state index is 14.0. The number of likely N-dealkylation sites (tertiary alicyclic amines) is 1. The molecule has 2 amide bonds. The number of Topliss-reactive ketones (excluding diaryl/α,β-unsaturated/α-hetero) is 1. The number of rotatable bonds is 8. The van der Waals surface area contributed by atoms with Crippen LogP contribution in [0.2, 0.25) is 0 Å². The van der Waals surface area contributed by atoms with Gasteiger partial charge in [0.2, 0.25) is 5.91 Å². The van der Waals surface area contributed by atoms with Gasteiger partial charge in [0.15, 0.2) is 5.78 Å². The molecule has 0 radical (unpaired) electrons. The van der Waals surface area contributed by atoms with Gasteiger partial charge in [0.25, 0.3) is 5.91 Å². The fraction of sp³-hybridized carbons (Fsp3) is 0.690. The fourth-order valence-corrected chi connectivity index (χ4v) is 5.83. The van der Waals surface area contributed by atoms with Crippen LogP contribution in [0.5, 0.6) is 0 Å². The van der Waals surface area contributed by atoms with E-state index in [2.05, 4.69) is 35.9 Å². The largest absolute Gasteiger partial charge is 0.369 e. The van der Waals surface area contributed by atoms with Crippen LogP contribution in [0, 0.1) is 17.3 Å². The molecule has 37 heavy (non-hydrogen) atoms. The van der Waals surface area contributed by atoms with Gasteiger partial charge in [-0.1, -0.05) is 41.5 Å². The van der Waals surface area contributed by atoms with Gasteiger partial charge in [-0.05, 0) is 48.6 Å². The predicted octanol–water partition coefficient (Wildman–Crippen LogP) is 2.81. The number of amides is 2. The van der Waals surface area contributed by atoms with E-state index in [1.165, 1.54) is 0 Å². The normalized spacial score (nSPS) is 25.5. The molecule has 204 valence electrons. The van der Waals surface area contributed by atoms with Crippen molar-refractivity contribution in [2.24, 2.45) is 17.3 Å². The summed E-state index contributed by atoms with van der Waals surface area (Å²) in [5, 5.41) is 3.05. The molecular formula is C29H44N4O4. The standard InChI is InChI=1S/C29H44N4O4/c1-7-29(5,6)26(28(36)33-17-22(19(3)4)25-24(33)23(34)18-37-25)30-27(35)20-9-11-21(12-10-20)32-15-13-31(8-2)14-16-32/h9-12,19,22,24-26H,7-8,13-18H2,1-6H3,(H,30,35)/t22-,24+,25+,26?/m0/s1. The van der Waals surface area contributed by atoms with E-state index in [0.717, 1.165) is 38.4 Å². The number of carbonyl (C=O) groups is 3. The third kappa shape index (κ3) is 5.55. The number of nitrogens with one attached hydrogen (secondary N) is 1. The smallest absolute Gasteiger partial charge is 0.251 e. The number of hydrogen-bond acceptors (Lipinski definition) is 6. The molecule has 3 aliphatic rings. The van der Waals surface area contributed by atoms with E-state index in [4.69, 9.17) is 4.74 Å². The second kappa shape index (κ2) is 11.1. The minimum atomic E-state index is -0.744. The van der Waals surface area contributed by atoms with Crippen LogP contribution in [0.25, 0.3) is 0 Å². The van der Waals surface area contributed by atoms with E-state index in [0.29, 0.717) is 18.5 Å². The van der Waals surface area contributed by atoms with E-state index in [1.54, 1.807) is 4.90 Å². The van der Waals surface area contributed by atoms with Crippen LogP contribution in [0.4, 0.5) is 5.69 Å². The molecule has 8 nitrogen and oxygen atoms in total. The molecule has 0 aromatic heterocycles. The van der Waals surface area contributed by atoms with E-state index in [-0.39, 0.29) is 42.1 Å². The number of likely N-dealkylation sites (N-methyl/N-ethyl adjacent to an activating group) is 1. The summed E-state index contributed by atoms with van der Waals surface area (Å²) in [6.07, 6.45) is 0.441. The number of ether oxygens (including phenoxy) is 1. The molecule has 1 aromatic carbocycles. The first-order valence-electron chi connectivity index (χ1n) is 13.9. The summed E-state index contributed by atoms with van der Waals surface area (Å²) in [6, 6.07) is 6.36. The predicted molar refractivity (Wildman–Crippen MR) is 145 cm³/mol. The molecule has 3 aliphatic heterocycles. The van der Waals surface area contributed by atoms with Gasteiger partial charge in [-0.3, -0.25) is 14.4 Å². The molecule has 3 saturated heterocycles. The van der Waals surface area contributed by atoms with Crippen molar-refractivity contribution in [1.29, 1.82) is 0 Å². The number of hydrogen-bond donors (Lipinski definition) is 1. The molecule has 0 bridgehead atoms. The highest BCUT2D eigenvalue weighted by molar-refractivity contribution is 5.99. The molecule has 1 N–H and O–H groups in total. The van der Waals surface area contributed by atoms with Crippen molar-refractivity contribution in [3.63, 3.8) is 0 Å². The van der Waals surface area contributed by atoms with Gasteiger partial charge < -0.3 is 24.8 Å². The molecule has 0 spiro atoms. The lowest BCUT2D eigenvalue weighted by molar-refractivity contribution is -0.140. The Hall–Kier alpha value is -2.45. The maximum atomic E-state index is 14.0. The molecule has 3 heterocycles. The summed E-state index contributed by atoms with van der Waals surface area (Å²) < 4.78 is 5.82. The van der Waals surface area contributed by atoms with Crippen LogP contribution in [0.3, 0.4) is 0 Å². The minimum Gasteiger partial charge on any atom is -0.369 e. The first-order chi connectivity index (χ1) is 17.6. The summed E-state index contributed by atoms with van der Waals surface area (Å²) in [7, 11) is 0. The quantitative estimate of drug-likeness (QED) is 0.577. The Bertz CT molecular complexity index is 984. The molecule has 4 rings (SSSR count). The zero-order valence-corrected chi connectivity index (χ0v) is 23.3. The topological polar surface area (TPSA) is 82.2 Å². The first-order valence-corrected chi connectivity index (χ1v) is 13.9. The molecule has 1 unspecified atom stereocenters. The van der Waals surface area contributed by atoms with Crippen LogP contribution in [0.15, 0.2) is 24.3 Å². The molecule has 8 heteroatoms. The summed E-state index contributed by atoms with van der Waals surface area (Å²) >= 11 is 0. The van der Waals surface area contributed by atoms with E-state index < -0.39 is 17.5 Å². The van der Waals surface area contributed by atoms with Gasteiger partial charge in [-0.2, -0.15) is 0 Å². The molecule has 1 aromatic rings. The lowest BCUT2D eigenvalue weighted by atomic mass is 9.80. The summed E-state index contributed by atoms with van der Waals surface area (Å²) in [6.45, 7) is 18.0. The molecule has 4 atom stereocenters. The Balaban J connectivity index is 1.50. The van der Waals surface area contributed by atoms with Crippen LogP contribution in [-0.2, 0) is 14.3 Å². The summed E-state index contributed by atoms with van der Waals surface area (Å²) in [4.78, 5) is 46.5. The number of carbonyl (C=O) groups excluding carboxylic acids is 3. The van der Waals surface area contributed by atoms with E-state index in [1.807, 2.05) is 45.0 Å². The van der Waals surface area contributed by atoms with Crippen molar-refractivity contribution >= 4 is 23.3 Å². The lowest BCUT2D eigenvalue weighted by Crippen LogP contribution is -2.57. The average Bonchev–Trinajstić information content (AvgIpc) is 3.47. The fourth-order valence-electron chi connectivity index (χ4n) is 5.83. The Morgan fingerprint density at radius 3 is 2.30 bits per heavy atom. The highest BCUT2D eigenvalue weighted by Gasteiger charge is 2.54. The number of piperazine rings is 1.